The molecule has 3 aromatic carbocycles. The molecule has 50 heavy (non-hydrogen) atoms. The van der Waals surface area contributed by atoms with Gasteiger partial charge in [0.15, 0.2) is 23.1 Å². The van der Waals surface area contributed by atoms with Gasteiger partial charge in [0.1, 0.15) is 11.5 Å². The number of imide groups is 1. The van der Waals surface area contributed by atoms with E-state index < -0.39 is 23.7 Å². The van der Waals surface area contributed by atoms with Crippen molar-refractivity contribution in [3.63, 3.8) is 0 Å². The van der Waals surface area contributed by atoms with Crippen molar-refractivity contribution < 1.29 is 38.5 Å². The van der Waals surface area contributed by atoms with Crippen molar-refractivity contribution in [2.24, 2.45) is 17.8 Å². The van der Waals surface area contributed by atoms with Gasteiger partial charge in [-0.3, -0.25) is 24.1 Å². The first-order valence-electron chi connectivity index (χ1n) is 16.2. The summed E-state index contributed by atoms with van der Waals surface area (Å²) in [7, 11) is 4.64. The fourth-order valence-corrected chi connectivity index (χ4v) is 8.28. The summed E-state index contributed by atoms with van der Waals surface area (Å²) in [4.78, 5) is 56.8. The summed E-state index contributed by atoms with van der Waals surface area (Å²) in [5.41, 5.74) is 4.67. The van der Waals surface area contributed by atoms with Crippen molar-refractivity contribution in [2.75, 3.05) is 26.2 Å². The van der Waals surface area contributed by atoms with Gasteiger partial charge in [-0.15, -0.1) is 0 Å². The third-order valence-electron chi connectivity index (χ3n) is 10.2. The third-order valence-corrected chi connectivity index (χ3v) is 10.8. The van der Waals surface area contributed by atoms with Crippen molar-refractivity contribution >= 4 is 57.2 Å². The van der Waals surface area contributed by atoms with Gasteiger partial charge in [-0.05, 0) is 101 Å². The number of aromatic hydroxyl groups is 1. The maximum Gasteiger partial charge on any atom is 0.238 e. The molecule has 4 aliphatic rings. The van der Waals surface area contributed by atoms with Crippen molar-refractivity contribution in [2.45, 2.75) is 25.7 Å². The van der Waals surface area contributed by atoms with Crippen LogP contribution >= 0.6 is 15.9 Å². The molecule has 1 saturated heterocycles. The number of Topliss-reactive ketones (excluding diaryl/α,β-unsaturated/α-hetero) is 1. The Labute approximate surface area is 297 Å². The Hall–Kier alpha value is -5.22. The van der Waals surface area contributed by atoms with Crippen molar-refractivity contribution in [3.8, 4) is 23.0 Å². The van der Waals surface area contributed by atoms with Gasteiger partial charge in [-0.1, -0.05) is 35.9 Å². The van der Waals surface area contributed by atoms with Gasteiger partial charge >= 0.3 is 0 Å². The summed E-state index contributed by atoms with van der Waals surface area (Å²) in [5.74, 6) is -2.08. The monoisotopic (exact) mass is 735 g/mol. The van der Waals surface area contributed by atoms with E-state index in [2.05, 4.69) is 15.9 Å². The van der Waals surface area contributed by atoms with E-state index in [1.165, 1.54) is 18.1 Å². The van der Waals surface area contributed by atoms with E-state index in [-0.39, 0.29) is 41.3 Å². The maximum atomic E-state index is 14.3. The van der Waals surface area contributed by atoms with Gasteiger partial charge < -0.3 is 19.3 Å². The second-order valence-corrected chi connectivity index (χ2v) is 13.7. The van der Waals surface area contributed by atoms with Gasteiger partial charge in [0.2, 0.25) is 11.8 Å². The number of hydrogen-bond acceptors (Lipinski definition) is 8. The molecule has 0 aromatic heterocycles. The Bertz CT molecular complexity index is 2110. The molecule has 1 aliphatic heterocycles. The number of phenols is 1. The quantitative estimate of drug-likeness (QED) is 0.119. The molecule has 4 atom stereocenters. The molecule has 3 aliphatic carbocycles. The summed E-state index contributed by atoms with van der Waals surface area (Å²) >= 11 is 3.40. The Morgan fingerprint density at radius 3 is 2.30 bits per heavy atom. The van der Waals surface area contributed by atoms with Crippen LogP contribution < -0.4 is 19.1 Å². The zero-order valence-electron chi connectivity index (χ0n) is 27.9. The Morgan fingerprint density at radius 2 is 1.60 bits per heavy atom. The molecule has 7 rings (SSSR count). The molecule has 1 fully saturated rings. The third kappa shape index (κ3) is 5.38. The van der Waals surface area contributed by atoms with Gasteiger partial charge in [0.25, 0.3) is 0 Å². The van der Waals surface area contributed by atoms with Crippen LogP contribution in [0.2, 0.25) is 0 Å². The first-order chi connectivity index (χ1) is 24.1. The van der Waals surface area contributed by atoms with Gasteiger partial charge in [0.05, 0.1) is 43.3 Å². The Balaban J connectivity index is 1.22. The molecule has 2 amide bonds. The molecule has 3 aromatic rings. The van der Waals surface area contributed by atoms with Crippen LogP contribution in [0.25, 0.3) is 12.2 Å². The lowest BCUT2D eigenvalue weighted by molar-refractivity contribution is -0.123. The highest BCUT2D eigenvalue weighted by Gasteiger charge is 2.56. The number of rotatable bonds is 7. The maximum absolute atomic E-state index is 14.3. The first kappa shape index (κ1) is 33.3. The highest BCUT2D eigenvalue weighted by atomic mass is 79.9. The number of methoxy groups -OCH3 is 3. The smallest absolute Gasteiger partial charge is 0.238 e. The lowest BCUT2D eigenvalue weighted by atomic mass is 9.59. The number of halogens is 1. The van der Waals surface area contributed by atoms with E-state index in [1.54, 1.807) is 45.4 Å². The number of benzene rings is 3. The van der Waals surface area contributed by atoms with Crippen molar-refractivity contribution in [1.29, 1.82) is 0 Å². The number of carbonyl (C=O) groups excluding carboxylic acids is 4. The van der Waals surface area contributed by atoms with Crippen LogP contribution in [0.15, 0.2) is 93.5 Å². The molecule has 10 heteroatoms. The minimum atomic E-state index is -0.712. The molecule has 9 nitrogen and oxygen atoms in total. The van der Waals surface area contributed by atoms with E-state index >= 15 is 0 Å². The van der Waals surface area contributed by atoms with E-state index in [0.717, 1.165) is 16.7 Å². The van der Waals surface area contributed by atoms with Crippen LogP contribution in [0.3, 0.4) is 0 Å². The molecule has 0 spiro atoms. The fourth-order valence-electron chi connectivity index (χ4n) is 7.82. The predicted molar refractivity (Wildman–Crippen MR) is 191 cm³/mol. The number of fused-ring (bicyclic) bond motifs is 3. The Morgan fingerprint density at radius 1 is 0.860 bits per heavy atom. The predicted octanol–water partition coefficient (Wildman–Crippen LogP) is 6.99. The van der Waals surface area contributed by atoms with Crippen LogP contribution in [0.1, 0.15) is 42.4 Å². The summed E-state index contributed by atoms with van der Waals surface area (Å²) in [6.07, 6.45) is 7.64. The van der Waals surface area contributed by atoms with E-state index in [0.29, 0.717) is 50.4 Å². The summed E-state index contributed by atoms with van der Waals surface area (Å²) in [6.45, 7) is 1.62. The van der Waals surface area contributed by atoms with Gasteiger partial charge in [0, 0.05) is 28.2 Å². The zero-order valence-corrected chi connectivity index (χ0v) is 29.4. The normalized spacial score (nSPS) is 23.0. The van der Waals surface area contributed by atoms with Crippen LogP contribution in [0.5, 0.6) is 23.0 Å². The molecule has 0 radical (unpaired) electrons. The molecular weight excluding hydrogens is 702 g/mol. The molecule has 4 unspecified atom stereocenters. The number of carbonyl (C=O) groups is 4. The van der Waals surface area contributed by atoms with E-state index in [9.17, 15) is 24.3 Å². The molecule has 0 saturated carbocycles. The van der Waals surface area contributed by atoms with Crippen LogP contribution in [0.4, 0.5) is 5.69 Å². The molecular formula is C40H34BrNO8. The number of ether oxygens (including phenoxy) is 3. The number of anilines is 1. The van der Waals surface area contributed by atoms with E-state index in [1.807, 2.05) is 48.6 Å². The second-order valence-electron chi connectivity index (χ2n) is 12.8. The summed E-state index contributed by atoms with van der Waals surface area (Å²) in [5, 5.41) is 10.5. The average Bonchev–Trinajstić information content (AvgIpc) is 3.38. The van der Waals surface area contributed by atoms with Crippen molar-refractivity contribution in [3.05, 3.63) is 110 Å². The second kappa shape index (κ2) is 12.9. The standard InChI is InChI=1S/C40H34BrNO8/c1-20-15-31(43)36-29(37(20)44)19-28-26(34(36)23-17-30(41)38(45)33(18-23)50-4)12-13-27-35(28)40(47)42(39(27)46)24-9-6-21(7-10-24)5-8-22-16-25(48-2)11-14-32(22)49-3/h5-12,14-18,27-28,34-35,45H,13,19H2,1-4H3. The highest BCUT2D eigenvalue weighted by molar-refractivity contribution is 9.10. The number of hydrogen-bond donors (Lipinski definition) is 1. The lowest BCUT2D eigenvalue weighted by Gasteiger charge is -2.42. The summed E-state index contributed by atoms with van der Waals surface area (Å²) in [6, 6.07) is 16.1. The van der Waals surface area contributed by atoms with Crippen LogP contribution in [0, 0.1) is 17.8 Å². The SMILES string of the molecule is COc1ccc(OC)c(C=Cc2ccc(N3C(=O)C4CC=C5C(c6cc(Br)c(O)c(OC)c6)C6=C(CC5C4C3=O)C(=O)C(C)=CC6=O)cc2)c1. The molecule has 254 valence electrons. The van der Waals surface area contributed by atoms with Gasteiger partial charge in [-0.2, -0.15) is 0 Å². The van der Waals surface area contributed by atoms with Crippen LogP contribution in [-0.4, -0.2) is 49.8 Å². The van der Waals surface area contributed by atoms with E-state index in [4.69, 9.17) is 14.2 Å². The number of nitrogens with zero attached hydrogens (tertiary/aromatic N) is 1. The van der Waals surface area contributed by atoms with Crippen LogP contribution in [-0.2, 0) is 19.2 Å². The lowest BCUT2D eigenvalue weighted by Crippen LogP contribution is -2.39. The fraction of sp³-hybridized carbons (Fsp3) is 0.250. The minimum absolute atomic E-state index is 0.0916. The largest absolute Gasteiger partial charge is 0.503 e. The number of ketones is 2. The highest BCUT2D eigenvalue weighted by Crippen LogP contribution is 2.56. The molecule has 1 heterocycles. The van der Waals surface area contributed by atoms with Gasteiger partial charge in [-0.25, -0.2) is 0 Å². The molecule has 1 N–H and O–H groups in total. The minimum Gasteiger partial charge on any atom is -0.503 e. The first-order valence-corrected chi connectivity index (χ1v) is 17.0. The van der Waals surface area contributed by atoms with Crippen molar-refractivity contribution in [1.82, 2.24) is 0 Å². The zero-order chi connectivity index (χ0) is 35.4. The molecule has 0 bridgehead atoms. The average molecular weight is 737 g/mol. The number of allylic oxidation sites excluding steroid dienone is 6. The number of phenolic OH excluding ortho intramolecular Hbond substituents is 1. The number of amides is 2. The Kier molecular flexibility index (Phi) is 8.59. The summed E-state index contributed by atoms with van der Waals surface area (Å²) < 4.78 is 16.6. The topological polar surface area (TPSA) is 119 Å².